The van der Waals surface area contributed by atoms with E-state index in [0.717, 1.165) is 5.56 Å². The van der Waals surface area contributed by atoms with E-state index >= 15 is 0 Å². The number of carbonyl (C=O) groups excluding carboxylic acids is 1. The number of methoxy groups -OCH3 is 1. The monoisotopic (exact) mass is 368 g/mol. The lowest BCUT2D eigenvalue weighted by Crippen LogP contribution is -2.39. The number of nitrogens with two attached hydrogens (primary N) is 1. The van der Waals surface area contributed by atoms with Crippen molar-refractivity contribution < 1.29 is 17.9 Å². The lowest BCUT2D eigenvalue weighted by atomic mass is 9.86. The van der Waals surface area contributed by atoms with Crippen LogP contribution in [0.3, 0.4) is 0 Å². The summed E-state index contributed by atoms with van der Waals surface area (Å²) in [6.45, 7) is 6.04. The Balaban J connectivity index is 2.19. The zero-order valence-electron chi connectivity index (χ0n) is 15.3. The summed E-state index contributed by atoms with van der Waals surface area (Å²) in [7, 11) is -2.05. The van der Waals surface area contributed by atoms with Gasteiger partial charge >= 0.3 is 0 Å². The number of ether oxygens (including phenoxy) is 1. The second-order valence-electron chi connectivity index (χ2n) is 7.68. The topological polar surface area (TPSA) is 98.5 Å². The second-order valence-corrected chi connectivity index (χ2v) is 9.40. The molecule has 25 heavy (non-hydrogen) atoms. The van der Waals surface area contributed by atoms with Gasteiger partial charge in [0.25, 0.3) is 0 Å². The van der Waals surface area contributed by atoms with Crippen LogP contribution in [0, 0.1) is 5.92 Å². The molecule has 7 heteroatoms. The van der Waals surface area contributed by atoms with Crippen molar-refractivity contribution in [1.29, 1.82) is 0 Å². The Morgan fingerprint density at radius 3 is 2.28 bits per heavy atom. The Labute approximate surface area is 150 Å². The molecule has 2 rings (SSSR count). The van der Waals surface area contributed by atoms with Crippen molar-refractivity contribution >= 4 is 15.9 Å². The molecule has 0 unspecified atom stereocenters. The first-order valence-electron chi connectivity index (χ1n) is 8.55. The number of carbonyl (C=O) groups is 1. The minimum atomic E-state index is -3.63. The maximum atomic E-state index is 12.8. The molecule has 0 heterocycles. The Kier molecular flexibility index (Phi) is 5.79. The Hall–Kier alpha value is -1.60. The predicted octanol–water partition coefficient (Wildman–Crippen LogP) is 2.32. The lowest BCUT2D eigenvalue weighted by molar-refractivity contribution is -0.122. The standard InChI is InChI=1S/C18H28N2O4S/c1-18(2,3)15-11-14(9-10-16(15)24-4)25(22,23)20-13-7-5-12(6-8-13)17(19)21/h9-13,20H,5-8H2,1-4H3,(H2,19,21). The van der Waals surface area contributed by atoms with Crippen molar-refractivity contribution in [1.82, 2.24) is 4.72 Å². The number of primary amides is 1. The predicted molar refractivity (Wildman–Crippen MR) is 97.0 cm³/mol. The van der Waals surface area contributed by atoms with E-state index in [1.165, 1.54) is 0 Å². The van der Waals surface area contributed by atoms with Gasteiger partial charge in [0.15, 0.2) is 0 Å². The first kappa shape index (κ1) is 19.7. The average Bonchev–Trinajstić information content (AvgIpc) is 2.53. The van der Waals surface area contributed by atoms with E-state index in [1.54, 1.807) is 25.3 Å². The van der Waals surface area contributed by atoms with Crippen LogP contribution in [0.2, 0.25) is 0 Å². The summed E-state index contributed by atoms with van der Waals surface area (Å²) in [6.07, 6.45) is 2.49. The van der Waals surface area contributed by atoms with E-state index in [9.17, 15) is 13.2 Å². The molecule has 1 aliphatic carbocycles. The van der Waals surface area contributed by atoms with Gasteiger partial charge in [-0.25, -0.2) is 13.1 Å². The molecule has 6 nitrogen and oxygen atoms in total. The van der Waals surface area contributed by atoms with Crippen LogP contribution in [0.4, 0.5) is 0 Å². The smallest absolute Gasteiger partial charge is 0.240 e. The molecule has 1 fully saturated rings. The third-order valence-electron chi connectivity index (χ3n) is 4.74. The minimum Gasteiger partial charge on any atom is -0.496 e. The molecule has 140 valence electrons. The highest BCUT2D eigenvalue weighted by molar-refractivity contribution is 7.89. The zero-order valence-corrected chi connectivity index (χ0v) is 16.2. The third-order valence-corrected chi connectivity index (χ3v) is 6.26. The maximum absolute atomic E-state index is 12.8. The van der Waals surface area contributed by atoms with Crippen LogP contribution in [0.1, 0.15) is 52.0 Å². The minimum absolute atomic E-state index is 0.144. The molecule has 0 aromatic heterocycles. The molecule has 1 aliphatic rings. The Bertz CT molecular complexity index is 730. The van der Waals surface area contributed by atoms with Crippen LogP contribution in [-0.2, 0) is 20.2 Å². The van der Waals surface area contributed by atoms with Gasteiger partial charge in [-0.15, -0.1) is 0 Å². The van der Waals surface area contributed by atoms with Crippen molar-refractivity contribution in [3.8, 4) is 5.75 Å². The summed E-state index contributed by atoms with van der Waals surface area (Å²) in [5.41, 5.74) is 5.93. The average molecular weight is 368 g/mol. The van der Waals surface area contributed by atoms with Crippen molar-refractivity contribution in [2.45, 2.75) is 62.8 Å². The Morgan fingerprint density at radius 2 is 1.80 bits per heavy atom. The highest BCUT2D eigenvalue weighted by Crippen LogP contribution is 2.33. The lowest BCUT2D eigenvalue weighted by Gasteiger charge is -2.27. The quantitative estimate of drug-likeness (QED) is 0.833. The van der Waals surface area contributed by atoms with Crippen molar-refractivity contribution in [3.63, 3.8) is 0 Å². The number of amides is 1. The van der Waals surface area contributed by atoms with E-state index in [4.69, 9.17) is 10.5 Å². The molecule has 3 N–H and O–H groups in total. The van der Waals surface area contributed by atoms with Gasteiger partial charge < -0.3 is 10.5 Å². The van der Waals surface area contributed by atoms with Crippen LogP contribution in [0.25, 0.3) is 0 Å². The van der Waals surface area contributed by atoms with E-state index in [2.05, 4.69) is 4.72 Å². The molecule has 0 saturated heterocycles. The van der Waals surface area contributed by atoms with Gasteiger partial charge in [0.05, 0.1) is 12.0 Å². The van der Waals surface area contributed by atoms with Gasteiger partial charge in [-0.2, -0.15) is 0 Å². The van der Waals surface area contributed by atoms with Gasteiger partial charge in [-0.3, -0.25) is 4.79 Å². The highest BCUT2D eigenvalue weighted by Gasteiger charge is 2.29. The molecule has 0 bridgehead atoms. The van der Waals surface area contributed by atoms with Crippen LogP contribution >= 0.6 is 0 Å². The Morgan fingerprint density at radius 1 is 1.20 bits per heavy atom. The molecular formula is C18H28N2O4S. The fourth-order valence-corrected chi connectivity index (χ4v) is 4.55. The van der Waals surface area contributed by atoms with Crippen molar-refractivity contribution in [3.05, 3.63) is 23.8 Å². The maximum Gasteiger partial charge on any atom is 0.240 e. The first-order chi connectivity index (χ1) is 11.5. The van der Waals surface area contributed by atoms with E-state index in [-0.39, 0.29) is 28.2 Å². The highest BCUT2D eigenvalue weighted by atomic mass is 32.2. The van der Waals surface area contributed by atoms with Crippen LogP contribution in [0.5, 0.6) is 5.75 Å². The molecule has 1 aromatic carbocycles. The molecule has 1 aromatic rings. The fraction of sp³-hybridized carbons (Fsp3) is 0.611. The van der Waals surface area contributed by atoms with Gasteiger partial charge in [-0.1, -0.05) is 20.8 Å². The fourth-order valence-electron chi connectivity index (χ4n) is 3.22. The summed E-state index contributed by atoms with van der Waals surface area (Å²) in [4.78, 5) is 11.5. The SMILES string of the molecule is COc1ccc(S(=O)(=O)NC2CCC(C(N)=O)CC2)cc1C(C)(C)C. The van der Waals surface area contributed by atoms with E-state index in [0.29, 0.717) is 31.4 Å². The second kappa shape index (κ2) is 7.33. The van der Waals surface area contributed by atoms with Gasteiger partial charge in [0, 0.05) is 17.5 Å². The zero-order chi connectivity index (χ0) is 18.8. The normalized spacial score (nSPS) is 21.8. The molecule has 1 saturated carbocycles. The van der Waals surface area contributed by atoms with Crippen LogP contribution in [0.15, 0.2) is 23.1 Å². The number of hydrogen-bond donors (Lipinski definition) is 2. The summed E-state index contributed by atoms with van der Waals surface area (Å²) in [5, 5.41) is 0. The molecule has 0 aliphatic heterocycles. The summed E-state index contributed by atoms with van der Waals surface area (Å²) < 4.78 is 33.6. The first-order valence-corrected chi connectivity index (χ1v) is 10.0. The summed E-state index contributed by atoms with van der Waals surface area (Å²) in [5.74, 6) is 0.230. The van der Waals surface area contributed by atoms with Crippen LogP contribution < -0.4 is 15.2 Å². The number of hydrogen-bond acceptors (Lipinski definition) is 4. The number of rotatable bonds is 5. The largest absolute Gasteiger partial charge is 0.496 e. The molecule has 0 radical (unpaired) electrons. The molecule has 1 amide bonds. The van der Waals surface area contributed by atoms with Crippen molar-refractivity contribution in [2.24, 2.45) is 11.7 Å². The van der Waals surface area contributed by atoms with Crippen molar-refractivity contribution in [2.75, 3.05) is 7.11 Å². The van der Waals surface area contributed by atoms with Gasteiger partial charge in [0.1, 0.15) is 5.75 Å². The molecule has 0 spiro atoms. The number of benzene rings is 1. The van der Waals surface area contributed by atoms with Gasteiger partial charge in [0.2, 0.25) is 15.9 Å². The number of sulfonamides is 1. The summed E-state index contributed by atoms with van der Waals surface area (Å²) in [6, 6.07) is 4.77. The third kappa shape index (κ3) is 4.73. The van der Waals surface area contributed by atoms with Crippen LogP contribution in [-0.4, -0.2) is 27.5 Å². The van der Waals surface area contributed by atoms with E-state index < -0.39 is 10.0 Å². The molecule has 0 atom stereocenters. The van der Waals surface area contributed by atoms with E-state index in [1.807, 2.05) is 20.8 Å². The number of nitrogens with one attached hydrogen (secondary N) is 1. The summed E-state index contributed by atoms with van der Waals surface area (Å²) >= 11 is 0. The van der Waals surface area contributed by atoms with Gasteiger partial charge in [-0.05, 0) is 49.3 Å². The molecular weight excluding hydrogens is 340 g/mol.